The number of hydrogen-bond acceptors (Lipinski definition) is 2. The van der Waals surface area contributed by atoms with E-state index in [0.717, 1.165) is 17.7 Å². The molecule has 1 aliphatic rings. The number of rotatable bonds is 2. The first-order valence-corrected chi connectivity index (χ1v) is 6.90. The summed E-state index contributed by atoms with van der Waals surface area (Å²) in [5.74, 6) is 0.310. The number of pyridine rings is 1. The molecule has 124 valence electrons. The monoisotopic (exact) mass is 382 g/mol. The molecule has 2 rings (SSSR count). The zero-order valence-electron chi connectivity index (χ0n) is 13.5. The zero-order valence-corrected chi connectivity index (χ0v) is 16.1. The van der Waals surface area contributed by atoms with E-state index in [2.05, 4.69) is 44.0 Å². The van der Waals surface area contributed by atoms with Crippen LogP contribution in [0.4, 0.5) is 0 Å². The van der Waals surface area contributed by atoms with E-state index in [1.165, 1.54) is 17.7 Å². The van der Waals surface area contributed by atoms with Gasteiger partial charge in [-0.3, -0.25) is 4.98 Å². The molecular weight excluding hydrogens is 359 g/mol. The fraction of sp³-hybridized carbons (Fsp3) is 0.412. The molecule has 0 fully saturated rings. The van der Waals surface area contributed by atoms with E-state index in [1.54, 1.807) is 0 Å². The van der Waals surface area contributed by atoms with Gasteiger partial charge in [0.15, 0.2) is 0 Å². The molecule has 5 heteroatoms. The van der Waals surface area contributed by atoms with Gasteiger partial charge in [0.1, 0.15) is 0 Å². The van der Waals surface area contributed by atoms with Gasteiger partial charge < -0.3 is 30.2 Å². The Kier molecular flexibility index (Phi) is 16.8. The number of halogens is 2. The molecule has 1 atom stereocenters. The number of hydrogen-bond donors (Lipinski definition) is 1. The van der Waals surface area contributed by atoms with Crippen molar-refractivity contribution in [2.24, 2.45) is 5.92 Å². The van der Waals surface area contributed by atoms with E-state index in [1.807, 2.05) is 25.3 Å². The van der Waals surface area contributed by atoms with Gasteiger partial charge in [0, 0.05) is 23.5 Å². The molecule has 0 spiro atoms. The van der Waals surface area contributed by atoms with Crippen LogP contribution in [0.3, 0.4) is 0 Å². The van der Waals surface area contributed by atoms with Crippen LogP contribution in [0.5, 0.6) is 0 Å². The minimum absolute atomic E-state index is 0. The minimum Gasteiger partial charge on any atom is -1.00 e. The van der Waals surface area contributed by atoms with Crippen LogP contribution in [0, 0.1) is 11.3 Å². The second-order valence-corrected chi connectivity index (χ2v) is 5.01. The second kappa shape index (κ2) is 14.0. The number of nitrogens with one attached hydrogen (secondary N) is 1. The van der Waals surface area contributed by atoms with Gasteiger partial charge in [0.25, 0.3) is 0 Å². The van der Waals surface area contributed by atoms with Gasteiger partial charge in [-0.25, -0.2) is 0 Å². The van der Waals surface area contributed by atoms with Gasteiger partial charge in [-0.1, -0.05) is 44.1 Å². The Balaban J connectivity index is -0.000000290. The summed E-state index contributed by atoms with van der Waals surface area (Å²) < 4.78 is 0. The average Bonchev–Trinajstić information content (AvgIpc) is 2.38. The molecule has 1 aromatic rings. The summed E-state index contributed by atoms with van der Waals surface area (Å²) in [5.41, 5.74) is 4.33. The molecule has 1 heterocycles. The quantitative estimate of drug-likeness (QED) is 0.627. The van der Waals surface area contributed by atoms with Crippen molar-refractivity contribution in [3.63, 3.8) is 0 Å². The van der Waals surface area contributed by atoms with Crippen molar-refractivity contribution in [3.8, 4) is 0 Å². The molecule has 1 aromatic heterocycles. The molecule has 0 aromatic carbocycles. The standard InChI is InChI=1S/C9H13N.C8H11N.2ClH.Fe/c1-6-4-7(2)9(10)8(3)5-6;1-2-5-8-6-3-4-7-9-8;;;/h4-5,7,10H,1-3H3;3-4,6-7H,2,5H2,1H3;2*1H;/q;;;;+2/p-2. The first kappa shape index (κ1) is 26.3. The second-order valence-electron chi connectivity index (χ2n) is 5.01. The maximum Gasteiger partial charge on any atom is 2.00 e. The smallest absolute Gasteiger partial charge is 1.00 e. The molecule has 2 nitrogen and oxygen atoms in total. The van der Waals surface area contributed by atoms with Crippen LogP contribution in [0.1, 0.15) is 39.8 Å². The largest absolute Gasteiger partial charge is 2.00 e. The Labute approximate surface area is 157 Å². The SMILES string of the molecule is CC1=CC(C)C(=N)C(C)=C1.CCCc1ccccn1.[Cl-].[Cl-].[Fe+2]. The Morgan fingerprint density at radius 2 is 1.82 bits per heavy atom. The minimum atomic E-state index is 0. The molecule has 0 amide bonds. The van der Waals surface area contributed by atoms with Crippen LogP contribution in [-0.4, -0.2) is 10.7 Å². The van der Waals surface area contributed by atoms with E-state index in [-0.39, 0.29) is 41.9 Å². The van der Waals surface area contributed by atoms with Gasteiger partial charge >= 0.3 is 17.1 Å². The molecule has 0 aliphatic heterocycles. The summed E-state index contributed by atoms with van der Waals surface area (Å²) in [5, 5.41) is 7.58. The Morgan fingerprint density at radius 1 is 1.18 bits per heavy atom. The fourth-order valence-corrected chi connectivity index (χ4v) is 2.11. The third-order valence-electron chi connectivity index (χ3n) is 3.07. The third-order valence-corrected chi connectivity index (χ3v) is 3.07. The molecule has 22 heavy (non-hydrogen) atoms. The molecule has 0 bridgehead atoms. The van der Waals surface area contributed by atoms with Crippen LogP contribution >= 0.6 is 0 Å². The maximum atomic E-state index is 7.58. The van der Waals surface area contributed by atoms with Crippen molar-refractivity contribution in [1.29, 1.82) is 5.41 Å². The number of allylic oxidation sites excluding steroid dienone is 4. The fourth-order valence-electron chi connectivity index (χ4n) is 2.11. The summed E-state index contributed by atoms with van der Waals surface area (Å²) in [4.78, 5) is 4.17. The molecule has 0 saturated carbocycles. The van der Waals surface area contributed by atoms with E-state index < -0.39 is 0 Å². The first-order chi connectivity index (χ1) is 9.04. The summed E-state index contributed by atoms with van der Waals surface area (Å²) in [6.07, 6.45) is 8.29. The predicted octanol–water partition coefficient (Wildman–Crippen LogP) is -1.41. The van der Waals surface area contributed by atoms with Crippen molar-refractivity contribution in [1.82, 2.24) is 4.98 Å². The van der Waals surface area contributed by atoms with Crippen LogP contribution in [0.2, 0.25) is 0 Å². The van der Waals surface area contributed by atoms with Crippen LogP contribution in [0.15, 0.2) is 47.7 Å². The first-order valence-electron chi connectivity index (χ1n) is 6.90. The number of aryl methyl sites for hydroxylation is 1. The van der Waals surface area contributed by atoms with Crippen molar-refractivity contribution in [2.75, 3.05) is 0 Å². The van der Waals surface area contributed by atoms with Crippen LogP contribution in [0.25, 0.3) is 0 Å². The summed E-state index contributed by atoms with van der Waals surface area (Å²) >= 11 is 0. The summed E-state index contributed by atoms with van der Waals surface area (Å²) in [6, 6.07) is 6.03. The summed E-state index contributed by atoms with van der Waals surface area (Å²) in [6.45, 7) is 8.29. The van der Waals surface area contributed by atoms with Gasteiger partial charge in [-0.2, -0.15) is 0 Å². The van der Waals surface area contributed by atoms with Crippen LogP contribution in [-0.2, 0) is 23.5 Å². The molecule has 1 aliphatic carbocycles. The van der Waals surface area contributed by atoms with Gasteiger partial charge in [0.05, 0.1) is 0 Å². The van der Waals surface area contributed by atoms with E-state index in [9.17, 15) is 0 Å². The Morgan fingerprint density at radius 3 is 2.27 bits per heavy atom. The summed E-state index contributed by atoms with van der Waals surface area (Å²) in [7, 11) is 0. The molecule has 1 N–H and O–H groups in total. The molecular formula is C17H24Cl2FeN2. The van der Waals surface area contributed by atoms with Gasteiger partial charge in [-0.15, -0.1) is 0 Å². The molecule has 1 unspecified atom stereocenters. The van der Waals surface area contributed by atoms with Crippen molar-refractivity contribution < 1.29 is 41.9 Å². The van der Waals surface area contributed by atoms with E-state index in [4.69, 9.17) is 5.41 Å². The molecule has 0 radical (unpaired) electrons. The van der Waals surface area contributed by atoms with Crippen LogP contribution < -0.4 is 24.8 Å². The normalized spacial score (nSPS) is 15.6. The number of aromatic nitrogens is 1. The maximum absolute atomic E-state index is 7.58. The third kappa shape index (κ3) is 9.42. The Hall–Kier alpha value is -0.601. The topological polar surface area (TPSA) is 36.7 Å². The van der Waals surface area contributed by atoms with Crippen molar-refractivity contribution >= 4 is 5.71 Å². The molecule has 0 saturated heterocycles. The van der Waals surface area contributed by atoms with Crippen molar-refractivity contribution in [3.05, 3.63) is 53.4 Å². The van der Waals surface area contributed by atoms with E-state index >= 15 is 0 Å². The van der Waals surface area contributed by atoms with E-state index in [0.29, 0.717) is 5.92 Å². The van der Waals surface area contributed by atoms with Crippen molar-refractivity contribution in [2.45, 2.75) is 40.5 Å². The zero-order chi connectivity index (χ0) is 14.3. The van der Waals surface area contributed by atoms with Gasteiger partial charge in [-0.05, 0) is 38.0 Å². The van der Waals surface area contributed by atoms with Gasteiger partial charge in [0.2, 0.25) is 0 Å². The average molecular weight is 383 g/mol. The predicted molar refractivity (Wildman–Crippen MR) is 82.6 cm³/mol. The number of nitrogens with zero attached hydrogens (tertiary/aromatic N) is 1. The Bertz CT molecular complexity index is 485.